The van der Waals surface area contributed by atoms with E-state index in [9.17, 15) is 0 Å². The molecule has 0 radical (unpaired) electrons. The third-order valence-electron chi connectivity index (χ3n) is 9.62. The lowest BCUT2D eigenvalue weighted by atomic mass is 9.63. The fourth-order valence-corrected chi connectivity index (χ4v) is 7.64. The minimum absolute atomic E-state index is 0.0368. The van der Waals surface area contributed by atoms with Gasteiger partial charge in [0.05, 0.1) is 6.72 Å². The van der Waals surface area contributed by atoms with Gasteiger partial charge < -0.3 is 5.32 Å². The van der Waals surface area contributed by atoms with Crippen molar-refractivity contribution in [3.63, 3.8) is 0 Å². The van der Waals surface area contributed by atoms with Gasteiger partial charge in [0.1, 0.15) is 17.8 Å². The quantitative estimate of drug-likeness (QED) is 0.277. The van der Waals surface area contributed by atoms with E-state index in [1.807, 2.05) is 0 Å². The SMILES string of the molecule is C=[N+]1C(C(Nc2c(CC)cccc2CC)c2ccccc2C(C)C)=CC=C[C-]1C1CCCC2CCCCC21. The molecule has 0 aromatic heterocycles. The molecule has 4 unspecified atom stereocenters. The van der Waals surface area contributed by atoms with Crippen LogP contribution in [0.3, 0.4) is 0 Å². The van der Waals surface area contributed by atoms with E-state index in [-0.39, 0.29) is 6.04 Å². The van der Waals surface area contributed by atoms with Crippen molar-refractivity contribution < 1.29 is 4.58 Å². The number of rotatable bonds is 8. The zero-order valence-corrected chi connectivity index (χ0v) is 24.2. The van der Waals surface area contributed by atoms with Crippen LogP contribution in [-0.2, 0) is 12.8 Å². The van der Waals surface area contributed by atoms with E-state index < -0.39 is 0 Å². The fourth-order valence-electron chi connectivity index (χ4n) is 7.64. The molecule has 1 aliphatic heterocycles. The van der Waals surface area contributed by atoms with Crippen molar-refractivity contribution in [2.75, 3.05) is 5.32 Å². The maximum Gasteiger partial charge on any atom is 0.126 e. The number of para-hydroxylation sites is 1. The van der Waals surface area contributed by atoms with Gasteiger partial charge in [-0.25, -0.2) is 0 Å². The second-order valence-corrected chi connectivity index (χ2v) is 12.1. The molecule has 3 aliphatic rings. The number of fused-ring (bicyclic) bond motifs is 1. The number of nitrogens with one attached hydrogen (secondary N) is 1. The summed E-state index contributed by atoms with van der Waals surface area (Å²) in [4.78, 5) is 0. The Morgan fingerprint density at radius 1 is 0.895 bits per heavy atom. The zero-order chi connectivity index (χ0) is 26.6. The van der Waals surface area contributed by atoms with Crippen LogP contribution in [0.15, 0.2) is 66.4 Å². The third kappa shape index (κ3) is 5.24. The van der Waals surface area contributed by atoms with Crippen molar-refractivity contribution in [3.8, 4) is 0 Å². The number of nitrogens with zero attached hydrogens (tertiary/aromatic N) is 1. The Labute approximate surface area is 232 Å². The largest absolute Gasteiger partial charge is 0.376 e. The van der Waals surface area contributed by atoms with Crippen molar-refractivity contribution in [1.82, 2.24) is 0 Å². The second kappa shape index (κ2) is 12.0. The minimum atomic E-state index is 0.0368. The molecular weight excluding hydrogens is 460 g/mol. The van der Waals surface area contributed by atoms with Crippen molar-refractivity contribution in [2.24, 2.45) is 17.8 Å². The summed E-state index contributed by atoms with van der Waals surface area (Å²) < 4.78 is 2.33. The summed E-state index contributed by atoms with van der Waals surface area (Å²) in [6, 6.07) is 17.3. The molecule has 2 nitrogen and oxygen atoms in total. The van der Waals surface area contributed by atoms with Crippen molar-refractivity contribution in [1.29, 1.82) is 0 Å². The van der Waals surface area contributed by atoms with Crippen LogP contribution in [0.25, 0.3) is 0 Å². The van der Waals surface area contributed by atoms with Gasteiger partial charge in [-0.3, -0.25) is 4.58 Å². The fraction of sp³-hybridized carbons (Fsp3) is 0.500. The Morgan fingerprint density at radius 3 is 2.29 bits per heavy atom. The molecule has 38 heavy (non-hydrogen) atoms. The molecule has 2 aromatic rings. The van der Waals surface area contributed by atoms with Crippen LogP contribution < -0.4 is 5.32 Å². The molecule has 2 fully saturated rings. The van der Waals surface area contributed by atoms with Gasteiger partial charge in [-0.2, -0.15) is 0 Å². The zero-order valence-electron chi connectivity index (χ0n) is 24.2. The Bertz CT molecular complexity index is 1160. The van der Waals surface area contributed by atoms with Gasteiger partial charge in [-0.15, -0.1) is 6.08 Å². The maximum absolute atomic E-state index is 4.76. The van der Waals surface area contributed by atoms with Crippen LogP contribution >= 0.6 is 0 Å². The van der Waals surface area contributed by atoms with Crippen LogP contribution in [0, 0.1) is 23.8 Å². The van der Waals surface area contributed by atoms with Crippen molar-refractivity contribution >= 4 is 12.4 Å². The number of hydrogen-bond acceptors (Lipinski definition) is 1. The lowest BCUT2D eigenvalue weighted by Gasteiger charge is -2.45. The van der Waals surface area contributed by atoms with E-state index in [1.165, 1.54) is 84.6 Å². The van der Waals surface area contributed by atoms with Gasteiger partial charge in [0, 0.05) is 11.6 Å². The molecule has 1 N–H and O–H groups in total. The van der Waals surface area contributed by atoms with Crippen molar-refractivity contribution in [3.05, 3.63) is 94.7 Å². The average molecular weight is 509 g/mol. The normalized spacial score (nSPS) is 24.2. The van der Waals surface area contributed by atoms with E-state index in [1.54, 1.807) is 0 Å². The molecule has 4 atom stereocenters. The predicted octanol–water partition coefficient (Wildman–Crippen LogP) is 9.39. The van der Waals surface area contributed by atoms with E-state index in [2.05, 4.69) is 98.3 Å². The Morgan fingerprint density at radius 2 is 1.58 bits per heavy atom. The van der Waals surface area contributed by atoms with Crippen LogP contribution in [0.2, 0.25) is 0 Å². The van der Waals surface area contributed by atoms with Crippen LogP contribution in [0.4, 0.5) is 5.69 Å². The third-order valence-corrected chi connectivity index (χ3v) is 9.62. The van der Waals surface area contributed by atoms with E-state index in [0.29, 0.717) is 11.8 Å². The highest BCUT2D eigenvalue weighted by molar-refractivity contribution is 5.61. The molecule has 2 aliphatic carbocycles. The minimum Gasteiger partial charge on any atom is -0.376 e. The Hall–Kier alpha value is -2.74. The van der Waals surface area contributed by atoms with E-state index >= 15 is 0 Å². The highest BCUT2D eigenvalue weighted by atomic mass is 15.1. The highest BCUT2D eigenvalue weighted by Gasteiger charge is 2.41. The number of aryl methyl sites for hydroxylation is 2. The monoisotopic (exact) mass is 508 g/mol. The standard InChI is InChI=1S/C36H48N2/c1-6-26-16-12-17-27(7-2)35(26)37-36(32-21-11-10-19-29(32)25(3)4)34-24-14-23-33(38(34)5)31-22-13-18-28-15-8-9-20-30(28)31/h10-12,14,16-17,19,21,23-25,28,30-31,36-37H,5-9,13,15,18,20,22H2,1-4H3. The van der Waals surface area contributed by atoms with Gasteiger partial charge in [-0.1, -0.05) is 121 Å². The van der Waals surface area contributed by atoms with E-state index in [4.69, 9.17) is 6.72 Å². The molecular formula is C36H48N2. The number of hydrogen-bond donors (Lipinski definition) is 1. The van der Waals surface area contributed by atoms with Crippen molar-refractivity contribution in [2.45, 2.75) is 97.4 Å². The van der Waals surface area contributed by atoms with Gasteiger partial charge in [0.25, 0.3) is 0 Å². The summed E-state index contributed by atoms with van der Waals surface area (Å²) in [5, 5.41) is 4.11. The molecule has 0 spiro atoms. The number of benzene rings is 2. The summed E-state index contributed by atoms with van der Waals surface area (Å²) in [7, 11) is 0. The number of allylic oxidation sites excluding steroid dienone is 2. The lowest BCUT2D eigenvalue weighted by Crippen LogP contribution is -2.39. The highest BCUT2D eigenvalue weighted by Crippen LogP contribution is 2.49. The topological polar surface area (TPSA) is 15.0 Å². The smallest absolute Gasteiger partial charge is 0.126 e. The molecule has 2 heteroatoms. The van der Waals surface area contributed by atoms with Gasteiger partial charge in [0.15, 0.2) is 0 Å². The molecule has 2 saturated carbocycles. The average Bonchev–Trinajstić information content (AvgIpc) is 2.96. The predicted molar refractivity (Wildman–Crippen MR) is 163 cm³/mol. The molecule has 0 bridgehead atoms. The summed E-state index contributed by atoms with van der Waals surface area (Å²) in [6.07, 6.45) is 18.8. The second-order valence-electron chi connectivity index (χ2n) is 12.1. The van der Waals surface area contributed by atoms with Crippen LogP contribution in [0.5, 0.6) is 0 Å². The van der Waals surface area contributed by atoms with E-state index in [0.717, 1.165) is 24.7 Å². The molecule has 2 aromatic carbocycles. The Kier molecular flexibility index (Phi) is 8.46. The summed E-state index contributed by atoms with van der Waals surface area (Å²) in [6.45, 7) is 13.9. The summed E-state index contributed by atoms with van der Waals surface area (Å²) >= 11 is 0. The molecule has 1 heterocycles. The van der Waals surface area contributed by atoms with Gasteiger partial charge in [-0.05, 0) is 59.3 Å². The summed E-state index contributed by atoms with van der Waals surface area (Å²) in [5.74, 6) is 2.81. The first-order valence-electron chi connectivity index (χ1n) is 15.3. The number of anilines is 1. The van der Waals surface area contributed by atoms with Crippen LogP contribution in [0.1, 0.15) is 107 Å². The van der Waals surface area contributed by atoms with Gasteiger partial charge in [0.2, 0.25) is 0 Å². The summed E-state index contributed by atoms with van der Waals surface area (Å²) in [5.41, 5.74) is 8.12. The van der Waals surface area contributed by atoms with Gasteiger partial charge >= 0.3 is 0 Å². The maximum atomic E-state index is 4.76. The molecule has 0 saturated heterocycles. The first-order chi connectivity index (χ1) is 18.5. The molecule has 5 rings (SSSR count). The first kappa shape index (κ1) is 26.9. The molecule has 202 valence electrons. The first-order valence-corrected chi connectivity index (χ1v) is 15.3. The Balaban J connectivity index is 1.55. The molecule has 0 amide bonds. The van der Waals surface area contributed by atoms with Crippen LogP contribution in [-0.4, -0.2) is 11.3 Å². The lowest BCUT2D eigenvalue weighted by molar-refractivity contribution is -0.463.